The fourth-order valence-electron chi connectivity index (χ4n) is 1.86. The summed E-state index contributed by atoms with van der Waals surface area (Å²) in [6.45, 7) is 1.55. The summed E-state index contributed by atoms with van der Waals surface area (Å²) < 4.78 is 9.94. The molecule has 1 aromatic rings. The quantitative estimate of drug-likeness (QED) is 0.837. The minimum absolute atomic E-state index is 0.0819. The predicted molar refractivity (Wildman–Crippen MR) is 71.6 cm³/mol. The monoisotopic (exact) mass is 274 g/mol. The molecule has 0 fully saturated rings. The number of nitrogens with zero attached hydrogens (tertiary/aromatic N) is 1. The Labute approximate surface area is 116 Å². The number of aromatic nitrogens is 1. The van der Waals surface area contributed by atoms with Gasteiger partial charge in [0.2, 0.25) is 23.1 Å². The van der Waals surface area contributed by atoms with Crippen molar-refractivity contribution >= 4 is 17.4 Å². The number of methoxy groups -OCH3 is 2. The molecule has 6 nitrogen and oxygen atoms in total. The summed E-state index contributed by atoms with van der Waals surface area (Å²) in [5.74, 6) is -0.545. The first kappa shape index (κ1) is 13.8. The van der Waals surface area contributed by atoms with E-state index < -0.39 is 5.78 Å². The second-order valence-electron chi connectivity index (χ2n) is 4.06. The van der Waals surface area contributed by atoms with Crippen LogP contribution < -0.4 is 5.32 Å². The largest absolute Gasteiger partial charge is 0.489 e. The molecule has 1 N–H and O–H groups in total. The van der Waals surface area contributed by atoms with Crippen molar-refractivity contribution in [3.05, 3.63) is 47.2 Å². The number of anilines is 1. The summed E-state index contributed by atoms with van der Waals surface area (Å²) in [4.78, 5) is 28.5. The molecule has 0 atom stereocenters. The van der Waals surface area contributed by atoms with Gasteiger partial charge in [-0.3, -0.25) is 9.59 Å². The molecule has 1 heterocycles. The lowest BCUT2D eigenvalue weighted by atomic mass is 9.98. The van der Waals surface area contributed by atoms with Gasteiger partial charge in [0.05, 0.1) is 19.9 Å². The number of hydrogen-bond donors (Lipinski definition) is 1. The van der Waals surface area contributed by atoms with Crippen LogP contribution in [0.4, 0.5) is 5.82 Å². The average molecular weight is 274 g/mol. The van der Waals surface area contributed by atoms with Gasteiger partial charge in [0.15, 0.2) is 0 Å². The number of allylic oxidation sites excluding steroid dienone is 1. The fourth-order valence-corrected chi connectivity index (χ4v) is 1.86. The number of rotatable bonds is 4. The van der Waals surface area contributed by atoms with Crippen LogP contribution >= 0.6 is 0 Å². The average Bonchev–Trinajstić information content (AvgIpc) is 2.48. The zero-order chi connectivity index (χ0) is 14.7. The van der Waals surface area contributed by atoms with Gasteiger partial charge >= 0.3 is 0 Å². The van der Waals surface area contributed by atoms with Crippen molar-refractivity contribution < 1.29 is 19.1 Å². The molecule has 0 saturated carbocycles. The van der Waals surface area contributed by atoms with Crippen LogP contribution in [0, 0.1) is 0 Å². The highest BCUT2D eigenvalue weighted by Gasteiger charge is 2.35. The Morgan fingerprint density at radius 3 is 2.25 bits per heavy atom. The topological polar surface area (TPSA) is 77.5 Å². The molecular formula is C14H14N2O4. The predicted octanol–water partition coefficient (Wildman–Crippen LogP) is 1.42. The van der Waals surface area contributed by atoms with Crippen molar-refractivity contribution in [2.45, 2.75) is 6.92 Å². The molecule has 1 aliphatic rings. The molecule has 2 rings (SSSR count). The maximum Gasteiger partial charge on any atom is 0.248 e. The number of ether oxygens (including phenoxy) is 2. The van der Waals surface area contributed by atoms with Crippen LogP contribution in [-0.4, -0.2) is 30.8 Å². The van der Waals surface area contributed by atoms with E-state index in [1.54, 1.807) is 31.3 Å². The first-order valence-electron chi connectivity index (χ1n) is 5.90. The van der Waals surface area contributed by atoms with Crippen molar-refractivity contribution in [1.29, 1.82) is 0 Å². The smallest absolute Gasteiger partial charge is 0.248 e. The van der Waals surface area contributed by atoms with Crippen molar-refractivity contribution in [3.63, 3.8) is 0 Å². The van der Waals surface area contributed by atoms with Gasteiger partial charge in [0, 0.05) is 11.8 Å². The van der Waals surface area contributed by atoms with E-state index in [1.165, 1.54) is 14.2 Å². The third-order valence-electron chi connectivity index (χ3n) is 2.89. The summed E-state index contributed by atoms with van der Waals surface area (Å²) >= 11 is 0. The molecule has 0 aliphatic heterocycles. The number of carbonyl (C=O) groups excluding carboxylic acids is 2. The SMILES string of the molecule is COC1=C(OC)C(=O)C(Nc2ccccn2)=C(C)C1=O. The molecule has 0 spiro atoms. The lowest BCUT2D eigenvalue weighted by Gasteiger charge is -2.20. The molecule has 6 heteroatoms. The lowest BCUT2D eigenvalue weighted by Crippen LogP contribution is -2.28. The van der Waals surface area contributed by atoms with Crippen molar-refractivity contribution in [3.8, 4) is 0 Å². The van der Waals surface area contributed by atoms with E-state index in [0.29, 0.717) is 5.82 Å². The van der Waals surface area contributed by atoms with Gasteiger partial charge in [0.25, 0.3) is 0 Å². The Balaban J connectivity index is 2.41. The Bertz CT molecular complexity index is 617. The van der Waals surface area contributed by atoms with Gasteiger partial charge < -0.3 is 14.8 Å². The molecule has 1 aromatic heterocycles. The highest BCUT2D eigenvalue weighted by atomic mass is 16.5. The third kappa shape index (κ3) is 2.27. The van der Waals surface area contributed by atoms with E-state index >= 15 is 0 Å². The van der Waals surface area contributed by atoms with Crippen molar-refractivity contribution in [1.82, 2.24) is 4.98 Å². The second-order valence-corrected chi connectivity index (χ2v) is 4.06. The van der Waals surface area contributed by atoms with E-state index in [2.05, 4.69) is 10.3 Å². The minimum Gasteiger partial charge on any atom is -0.489 e. The maximum absolute atomic E-state index is 12.3. The Morgan fingerprint density at radius 1 is 1.05 bits per heavy atom. The molecule has 20 heavy (non-hydrogen) atoms. The minimum atomic E-state index is -0.438. The number of Topliss-reactive ketones (excluding diaryl/α,β-unsaturated/α-hetero) is 2. The normalized spacial score (nSPS) is 15.6. The lowest BCUT2D eigenvalue weighted by molar-refractivity contribution is -0.121. The molecule has 0 amide bonds. The summed E-state index contributed by atoms with van der Waals surface area (Å²) in [6.07, 6.45) is 1.58. The van der Waals surface area contributed by atoms with Crippen LogP contribution in [-0.2, 0) is 19.1 Å². The fraction of sp³-hybridized carbons (Fsp3) is 0.214. The Kier molecular flexibility index (Phi) is 3.84. The van der Waals surface area contributed by atoms with Crippen LogP contribution in [0.2, 0.25) is 0 Å². The second kappa shape index (κ2) is 5.56. The van der Waals surface area contributed by atoms with Crippen LogP contribution in [0.25, 0.3) is 0 Å². The summed E-state index contributed by atoms with van der Waals surface area (Å²) in [5, 5.41) is 2.85. The zero-order valence-electron chi connectivity index (χ0n) is 11.4. The van der Waals surface area contributed by atoms with E-state index in [1.807, 2.05) is 0 Å². The zero-order valence-corrected chi connectivity index (χ0v) is 11.4. The summed E-state index contributed by atoms with van der Waals surface area (Å²) in [6, 6.07) is 5.22. The molecule has 0 radical (unpaired) electrons. The van der Waals surface area contributed by atoms with Crippen LogP contribution in [0.1, 0.15) is 6.92 Å². The van der Waals surface area contributed by atoms with Crippen LogP contribution in [0.3, 0.4) is 0 Å². The van der Waals surface area contributed by atoms with Gasteiger partial charge in [-0.2, -0.15) is 0 Å². The number of hydrogen-bond acceptors (Lipinski definition) is 6. The molecule has 0 unspecified atom stereocenters. The van der Waals surface area contributed by atoms with Gasteiger partial charge in [0.1, 0.15) is 5.82 Å². The standard InChI is InChI=1S/C14H14N2O4/c1-8-10(16-9-6-4-5-7-15-9)12(18)14(20-3)13(19-2)11(8)17/h4-7H,1-3H3,(H,15,16). The molecule has 0 bridgehead atoms. The third-order valence-corrected chi connectivity index (χ3v) is 2.89. The maximum atomic E-state index is 12.3. The Hall–Kier alpha value is -2.63. The van der Waals surface area contributed by atoms with E-state index in [4.69, 9.17) is 9.47 Å². The first-order chi connectivity index (χ1) is 9.60. The van der Waals surface area contributed by atoms with Crippen molar-refractivity contribution in [2.75, 3.05) is 19.5 Å². The molecule has 104 valence electrons. The highest BCUT2D eigenvalue weighted by molar-refractivity contribution is 6.24. The van der Waals surface area contributed by atoms with Crippen molar-refractivity contribution in [2.24, 2.45) is 0 Å². The van der Waals surface area contributed by atoms with Gasteiger partial charge in [-0.25, -0.2) is 4.98 Å². The Morgan fingerprint density at radius 2 is 1.70 bits per heavy atom. The van der Waals surface area contributed by atoms with E-state index in [9.17, 15) is 9.59 Å². The summed E-state index contributed by atoms with van der Waals surface area (Å²) in [5.41, 5.74) is 0.407. The molecule has 0 saturated heterocycles. The molecular weight excluding hydrogens is 260 g/mol. The van der Waals surface area contributed by atoms with Gasteiger partial charge in [-0.05, 0) is 19.1 Å². The summed E-state index contributed by atoms with van der Waals surface area (Å²) in [7, 11) is 2.64. The van der Waals surface area contributed by atoms with Gasteiger partial charge in [-0.1, -0.05) is 6.07 Å². The number of ketones is 2. The molecule has 0 aromatic carbocycles. The van der Waals surface area contributed by atoms with Crippen LogP contribution in [0.15, 0.2) is 47.2 Å². The molecule has 1 aliphatic carbocycles. The van der Waals surface area contributed by atoms with Gasteiger partial charge in [-0.15, -0.1) is 0 Å². The first-order valence-corrected chi connectivity index (χ1v) is 5.90. The number of pyridine rings is 1. The highest BCUT2D eigenvalue weighted by Crippen LogP contribution is 2.26. The van der Waals surface area contributed by atoms with Crippen LogP contribution in [0.5, 0.6) is 0 Å². The van der Waals surface area contributed by atoms with E-state index in [0.717, 1.165) is 0 Å². The number of carbonyl (C=O) groups is 2. The van der Waals surface area contributed by atoms with E-state index in [-0.39, 0.29) is 28.6 Å². The number of nitrogens with one attached hydrogen (secondary N) is 1.